The molecule has 11 heteroatoms. The second kappa shape index (κ2) is 12.0. The molecule has 3 aromatic heterocycles. The van der Waals surface area contributed by atoms with Crippen molar-refractivity contribution < 1.29 is 14.6 Å². The Balaban J connectivity index is 1.24. The highest BCUT2D eigenvalue weighted by molar-refractivity contribution is 5.93. The van der Waals surface area contributed by atoms with Crippen LogP contribution < -0.4 is 15.0 Å². The van der Waals surface area contributed by atoms with Crippen molar-refractivity contribution in [3.8, 4) is 17.1 Å². The van der Waals surface area contributed by atoms with E-state index in [1.165, 1.54) is 0 Å². The summed E-state index contributed by atoms with van der Waals surface area (Å²) in [5.41, 5.74) is 6.35. The lowest BCUT2D eigenvalue weighted by Gasteiger charge is -2.18. The molecule has 6 rings (SSSR count). The van der Waals surface area contributed by atoms with E-state index in [1.54, 1.807) is 22.9 Å². The number of pyridine rings is 1. The van der Waals surface area contributed by atoms with Crippen LogP contribution in [0.15, 0.2) is 79.3 Å². The highest BCUT2D eigenvalue weighted by atomic mass is 16.5. The highest BCUT2D eigenvalue weighted by Crippen LogP contribution is 2.30. The second-order valence-corrected chi connectivity index (χ2v) is 10.5. The third-order valence-corrected chi connectivity index (χ3v) is 7.55. The van der Waals surface area contributed by atoms with Crippen LogP contribution in [0, 0.1) is 13.8 Å². The molecule has 0 unspecified atom stereocenters. The number of carbonyl (C=O) groups is 1. The van der Waals surface area contributed by atoms with E-state index >= 15 is 0 Å². The van der Waals surface area contributed by atoms with E-state index in [0.29, 0.717) is 37.7 Å². The Morgan fingerprint density at radius 3 is 2.56 bits per heavy atom. The molecular formula is C32H34N8O3. The van der Waals surface area contributed by atoms with Gasteiger partial charge in [0.2, 0.25) is 0 Å². The van der Waals surface area contributed by atoms with Crippen molar-refractivity contribution in [2.45, 2.75) is 26.8 Å². The fraction of sp³-hybridized carbons (Fsp3) is 0.250. The van der Waals surface area contributed by atoms with E-state index in [9.17, 15) is 9.90 Å². The molecule has 43 heavy (non-hydrogen) atoms. The zero-order chi connectivity index (χ0) is 29.9. The monoisotopic (exact) mass is 578 g/mol. The second-order valence-electron chi connectivity index (χ2n) is 10.5. The van der Waals surface area contributed by atoms with Crippen LogP contribution in [0.3, 0.4) is 0 Å². The lowest BCUT2D eigenvalue weighted by Crippen LogP contribution is -2.31. The average molecular weight is 579 g/mol. The van der Waals surface area contributed by atoms with Gasteiger partial charge in [0.15, 0.2) is 5.82 Å². The number of nitrogens with one attached hydrogen (secondary N) is 1. The molecule has 0 aliphatic carbocycles. The Labute approximate surface area is 250 Å². The number of anilines is 3. The summed E-state index contributed by atoms with van der Waals surface area (Å²) in [5, 5.41) is 22.6. The van der Waals surface area contributed by atoms with Crippen molar-refractivity contribution in [2.75, 3.05) is 37.0 Å². The van der Waals surface area contributed by atoms with Crippen LogP contribution in [0.1, 0.15) is 22.4 Å². The van der Waals surface area contributed by atoms with E-state index in [0.717, 1.165) is 45.2 Å². The largest absolute Gasteiger partial charge is 0.497 e. The molecule has 0 saturated carbocycles. The van der Waals surface area contributed by atoms with Gasteiger partial charge < -0.3 is 20.1 Å². The van der Waals surface area contributed by atoms with E-state index < -0.39 is 0 Å². The van der Waals surface area contributed by atoms with E-state index in [1.807, 2.05) is 90.4 Å². The number of benzene rings is 2. The van der Waals surface area contributed by atoms with Crippen LogP contribution >= 0.6 is 0 Å². The van der Waals surface area contributed by atoms with Gasteiger partial charge in [-0.25, -0.2) is 19.1 Å². The molecule has 11 nitrogen and oxygen atoms in total. The van der Waals surface area contributed by atoms with Gasteiger partial charge in [-0.2, -0.15) is 5.10 Å². The molecule has 0 spiro atoms. The predicted molar refractivity (Wildman–Crippen MR) is 165 cm³/mol. The first-order valence-corrected chi connectivity index (χ1v) is 14.2. The van der Waals surface area contributed by atoms with Gasteiger partial charge in [0.1, 0.15) is 11.6 Å². The molecule has 220 valence electrons. The molecule has 2 N–H and O–H groups in total. The zero-order valence-electron chi connectivity index (χ0n) is 24.4. The summed E-state index contributed by atoms with van der Waals surface area (Å²) in [5.74, 6) is 2.01. The maximum absolute atomic E-state index is 13.3. The summed E-state index contributed by atoms with van der Waals surface area (Å²) in [6.45, 7) is 5.57. The highest BCUT2D eigenvalue weighted by Gasteiger charge is 2.31. The third kappa shape index (κ3) is 5.80. The molecule has 0 radical (unpaired) electrons. The summed E-state index contributed by atoms with van der Waals surface area (Å²) in [6, 6.07) is 19.4. The molecule has 1 fully saturated rings. The number of aryl methyl sites for hydroxylation is 2. The first-order chi connectivity index (χ1) is 20.9. The van der Waals surface area contributed by atoms with Gasteiger partial charge in [-0.15, -0.1) is 5.10 Å². The number of urea groups is 1. The standard InChI is InChI=1S/C32H34N8O3/c1-22-19-25(39-14-4-13-33-39)7-10-28(22)35-31-27(12-18-41)29(20-23(2)34-31)40-15-11-30(36-40)38-17-16-37(32(38)42)21-24-5-8-26(43-3)9-6-24/h4-11,13-15,19-20,41H,12,16-18,21H2,1-3H3,(H,34,35). The first kappa shape index (κ1) is 28.0. The molecule has 1 aliphatic rings. The number of amides is 2. The molecule has 1 aliphatic heterocycles. The van der Waals surface area contributed by atoms with Crippen molar-refractivity contribution in [2.24, 2.45) is 0 Å². The molecular weight excluding hydrogens is 544 g/mol. The number of carbonyl (C=O) groups excluding carboxylic acids is 1. The van der Waals surface area contributed by atoms with Crippen molar-refractivity contribution in [1.82, 2.24) is 29.4 Å². The number of nitrogens with zero attached hydrogens (tertiary/aromatic N) is 7. The van der Waals surface area contributed by atoms with Gasteiger partial charge in [-0.05, 0) is 67.4 Å². The number of aliphatic hydroxyl groups excluding tert-OH is 1. The number of ether oxygens (including phenoxy) is 1. The molecule has 0 bridgehead atoms. The van der Waals surface area contributed by atoms with Gasteiger partial charge in [0.05, 0.1) is 18.5 Å². The van der Waals surface area contributed by atoms with Crippen LogP contribution in [0.25, 0.3) is 11.4 Å². The molecule has 4 heterocycles. The van der Waals surface area contributed by atoms with Gasteiger partial charge in [-0.1, -0.05) is 12.1 Å². The lowest BCUT2D eigenvalue weighted by atomic mass is 10.1. The van der Waals surface area contributed by atoms with Crippen LogP contribution in [-0.2, 0) is 13.0 Å². The van der Waals surface area contributed by atoms with Crippen molar-refractivity contribution >= 4 is 23.4 Å². The van der Waals surface area contributed by atoms with Gasteiger partial charge in [-0.3, -0.25) is 4.90 Å². The average Bonchev–Trinajstić information content (AvgIpc) is 3.78. The van der Waals surface area contributed by atoms with Crippen molar-refractivity contribution in [3.63, 3.8) is 0 Å². The Morgan fingerprint density at radius 1 is 1.00 bits per heavy atom. The Bertz CT molecular complexity index is 1730. The Kier molecular flexibility index (Phi) is 7.80. The summed E-state index contributed by atoms with van der Waals surface area (Å²) in [4.78, 5) is 21.6. The normalized spacial score (nSPS) is 13.2. The summed E-state index contributed by atoms with van der Waals surface area (Å²) in [7, 11) is 1.64. The molecule has 2 aromatic carbocycles. The van der Waals surface area contributed by atoms with Crippen LogP contribution in [0.5, 0.6) is 5.75 Å². The van der Waals surface area contributed by atoms with Gasteiger partial charge in [0, 0.05) is 74.3 Å². The molecule has 2 amide bonds. The van der Waals surface area contributed by atoms with Gasteiger partial charge in [0.25, 0.3) is 0 Å². The Hall–Kier alpha value is -5.16. The van der Waals surface area contributed by atoms with Gasteiger partial charge >= 0.3 is 6.03 Å². The quantitative estimate of drug-likeness (QED) is 0.245. The number of hydrogen-bond acceptors (Lipinski definition) is 7. The number of hydrogen-bond donors (Lipinski definition) is 2. The molecule has 0 atom stereocenters. The topological polar surface area (TPSA) is 114 Å². The maximum atomic E-state index is 13.3. The minimum Gasteiger partial charge on any atom is -0.497 e. The fourth-order valence-corrected chi connectivity index (χ4v) is 5.31. The molecule has 5 aromatic rings. The summed E-state index contributed by atoms with van der Waals surface area (Å²) >= 11 is 0. The Morgan fingerprint density at radius 2 is 1.84 bits per heavy atom. The molecule has 1 saturated heterocycles. The zero-order valence-corrected chi connectivity index (χ0v) is 24.4. The van der Waals surface area contributed by atoms with Crippen molar-refractivity contribution in [1.29, 1.82) is 0 Å². The number of methoxy groups -OCH3 is 1. The fourth-order valence-electron chi connectivity index (χ4n) is 5.31. The number of aromatic nitrogens is 5. The van der Waals surface area contributed by atoms with E-state index in [-0.39, 0.29) is 12.6 Å². The van der Waals surface area contributed by atoms with E-state index in [4.69, 9.17) is 14.8 Å². The smallest absolute Gasteiger partial charge is 0.326 e. The van der Waals surface area contributed by atoms with Crippen LogP contribution in [0.2, 0.25) is 0 Å². The van der Waals surface area contributed by atoms with Crippen LogP contribution in [0.4, 0.5) is 22.1 Å². The van der Waals surface area contributed by atoms with Crippen LogP contribution in [-0.4, -0.2) is 67.4 Å². The third-order valence-electron chi connectivity index (χ3n) is 7.55. The van der Waals surface area contributed by atoms with Crippen molar-refractivity contribution in [3.05, 3.63) is 102 Å². The summed E-state index contributed by atoms with van der Waals surface area (Å²) < 4.78 is 8.81. The predicted octanol–water partition coefficient (Wildman–Crippen LogP) is 4.80. The summed E-state index contributed by atoms with van der Waals surface area (Å²) in [6.07, 6.45) is 5.88. The first-order valence-electron chi connectivity index (χ1n) is 14.2. The maximum Gasteiger partial charge on any atom is 0.326 e. The minimum absolute atomic E-state index is 0.0529. The van der Waals surface area contributed by atoms with E-state index in [2.05, 4.69) is 16.5 Å². The number of aliphatic hydroxyl groups is 1. The lowest BCUT2D eigenvalue weighted by molar-refractivity contribution is 0.218. The SMILES string of the molecule is COc1ccc(CN2CCN(c3ccn(-c4cc(C)nc(Nc5ccc(-n6cccn6)cc5C)c4CCO)n3)C2=O)cc1. The minimum atomic E-state index is -0.0843. The number of rotatable bonds is 10.